The van der Waals surface area contributed by atoms with Crippen molar-refractivity contribution >= 4 is 11.7 Å². The van der Waals surface area contributed by atoms with E-state index in [0.29, 0.717) is 24.7 Å². The van der Waals surface area contributed by atoms with Crippen LogP contribution in [-0.2, 0) is 11.3 Å². The van der Waals surface area contributed by atoms with Crippen LogP contribution in [0.1, 0.15) is 30.8 Å². The summed E-state index contributed by atoms with van der Waals surface area (Å²) in [6.45, 7) is 2.42. The molecule has 5 nitrogen and oxygen atoms in total. The number of amides is 1. The molecule has 1 aliphatic carbocycles. The third-order valence-electron chi connectivity index (χ3n) is 3.65. The lowest BCUT2D eigenvalue weighted by Gasteiger charge is -2.10. The second-order valence-corrected chi connectivity index (χ2v) is 5.40. The predicted octanol–water partition coefficient (Wildman–Crippen LogP) is 3.13. The number of nitrogens with zero attached hydrogens (tertiary/aromatic N) is 2. The molecule has 0 saturated heterocycles. The summed E-state index contributed by atoms with van der Waals surface area (Å²) in [5.74, 6) is 2.80. The van der Waals surface area contributed by atoms with E-state index in [4.69, 9.17) is 4.42 Å². The Balaban J connectivity index is 1.62. The predicted molar refractivity (Wildman–Crippen MR) is 79.9 cm³/mol. The fourth-order valence-corrected chi connectivity index (χ4v) is 2.58. The molecule has 3 rings (SSSR count). The van der Waals surface area contributed by atoms with E-state index in [1.807, 2.05) is 19.1 Å². The van der Waals surface area contributed by atoms with E-state index in [0.717, 1.165) is 24.4 Å². The lowest BCUT2D eigenvalue weighted by Crippen LogP contribution is -2.18. The molecular weight excluding hydrogens is 266 g/mol. The van der Waals surface area contributed by atoms with Gasteiger partial charge in [0.1, 0.15) is 23.9 Å². The van der Waals surface area contributed by atoms with E-state index < -0.39 is 0 Å². The molecule has 0 radical (unpaired) electrons. The maximum Gasteiger partial charge on any atom is 0.226 e. The zero-order chi connectivity index (χ0) is 14.7. The Labute approximate surface area is 123 Å². The van der Waals surface area contributed by atoms with Gasteiger partial charge in [-0.25, -0.2) is 4.68 Å². The van der Waals surface area contributed by atoms with Crippen molar-refractivity contribution < 1.29 is 9.21 Å². The van der Waals surface area contributed by atoms with Crippen molar-refractivity contribution in [3.63, 3.8) is 0 Å². The van der Waals surface area contributed by atoms with Crippen LogP contribution in [0.2, 0.25) is 0 Å². The van der Waals surface area contributed by atoms with Gasteiger partial charge in [-0.3, -0.25) is 4.79 Å². The van der Waals surface area contributed by atoms with Crippen LogP contribution in [0, 0.1) is 12.8 Å². The molecule has 1 atom stereocenters. The molecule has 0 fully saturated rings. The Morgan fingerprint density at radius 2 is 2.38 bits per heavy atom. The van der Waals surface area contributed by atoms with Crippen molar-refractivity contribution in [2.45, 2.75) is 32.7 Å². The van der Waals surface area contributed by atoms with E-state index in [1.54, 1.807) is 16.9 Å². The van der Waals surface area contributed by atoms with Gasteiger partial charge in [-0.2, -0.15) is 5.10 Å². The van der Waals surface area contributed by atoms with Crippen LogP contribution < -0.4 is 5.32 Å². The number of aryl methyl sites for hydroxylation is 1. The first-order chi connectivity index (χ1) is 10.2. The summed E-state index contributed by atoms with van der Waals surface area (Å²) in [6.07, 6.45) is 8.62. The van der Waals surface area contributed by atoms with Crippen LogP contribution in [-0.4, -0.2) is 15.7 Å². The molecule has 110 valence electrons. The Morgan fingerprint density at radius 1 is 1.48 bits per heavy atom. The molecular formula is C16H19N3O2. The fraction of sp³-hybridized carbons (Fsp3) is 0.375. The number of nitrogens with one attached hydrogen (secondary N) is 1. The molecule has 0 aliphatic heterocycles. The van der Waals surface area contributed by atoms with E-state index in [2.05, 4.69) is 22.6 Å². The molecule has 2 aromatic heterocycles. The summed E-state index contributed by atoms with van der Waals surface area (Å²) >= 11 is 0. The highest BCUT2D eigenvalue weighted by molar-refractivity contribution is 5.90. The minimum Gasteiger partial charge on any atom is -0.464 e. The van der Waals surface area contributed by atoms with E-state index in [9.17, 15) is 4.79 Å². The van der Waals surface area contributed by atoms with E-state index >= 15 is 0 Å². The number of carbonyl (C=O) groups is 1. The second kappa shape index (κ2) is 5.99. The van der Waals surface area contributed by atoms with Gasteiger partial charge in [0.2, 0.25) is 5.91 Å². The minimum absolute atomic E-state index is 0.0314. The largest absolute Gasteiger partial charge is 0.464 e. The molecule has 1 aliphatic rings. The third-order valence-corrected chi connectivity index (χ3v) is 3.65. The Bertz CT molecular complexity index is 654. The van der Waals surface area contributed by atoms with Crippen molar-refractivity contribution in [3.05, 3.63) is 48.1 Å². The number of rotatable bonds is 5. The summed E-state index contributed by atoms with van der Waals surface area (Å²) in [7, 11) is 0. The first-order valence-corrected chi connectivity index (χ1v) is 7.24. The summed E-state index contributed by atoms with van der Waals surface area (Å²) in [6, 6.07) is 5.65. The van der Waals surface area contributed by atoms with Gasteiger partial charge in [-0.1, -0.05) is 12.2 Å². The quantitative estimate of drug-likeness (QED) is 0.859. The Kier molecular flexibility index (Phi) is 3.90. The van der Waals surface area contributed by atoms with Gasteiger partial charge in [-0.05, 0) is 37.8 Å². The number of hydrogen-bond acceptors (Lipinski definition) is 3. The average molecular weight is 285 g/mol. The lowest BCUT2D eigenvalue weighted by molar-refractivity contribution is -0.116. The monoisotopic (exact) mass is 285 g/mol. The van der Waals surface area contributed by atoms with Crippen molar-refractivity contribution in [1.82, 2.24) is 9.78 Å². The van der Waals surface area contributed by atoms with Gasteiger partial charge < -0.3 is 9.73 Å². The third kappa shape index (κ3) is 3.42. The number of aromatic nitrogens is 2. The van der Waals surface area contributed by atoms with Crippen LogP contribution in [0.4, 0.5) is 5.82 Å². The molecule has 0 spiro atoms. The van der Waals surface area contributed by atoms with Crippen LogP contribution >= 0.6 is 0 Å². The molecule has 0 aromatic carbocycles. The molecule has 1 N–H and O–H groups in total. The van der Waals surface area contributed by atoms with Gasteiger partial charge >= 0.3 is 0 Å². The summed E-state index contributed by atoms with van der Waals surface area (Å²) in [5, 5.41) is 7.16. The topological polar surface area (TPSA) is 60.1 Å². The van der Waals surface area contributed by atoms with Gasteiger partial charge in [0.05, 0.1) is 6.20 Å². The van der Waals surface area contributed by atoms with Crippen molar-refractivity contribution in [3.8, 4) is 0 Å². The minimum atomic E-state index is 0.0314. The molecule has 1 unspecified atom stereocenters. The zero-order valence-electron chi connectivity index (χ0n) is 12.1. The number of carbonyl (C=O) groups excluding carboxylic acids is 1. The maximum atomic E-state index is 12.1. The van der Waals surface area contributed by atoms with Crippen LogP contribution in [0.5, 0.6) is 0 Å². The first kappa shape index (κ1) is 13.7. The molecule has 2 heterocycles. The molecule has 0 bridgehead atoms. The van der Waals surface area contributed by atoms with Crippen molar-refractivity contribution in [1.29, 1.82) is 0 Å². The number of anilines is 1. The molecule has 2 aromatic rings. The van der Waals surface area contributed by atoms with Crippen LogP contribution in [0.15, 0.2) is 41.0 Å². The molecule has 5 heteroatoms. The van der Waals surface area contributed by atoms with E-state index in [1.165, 1.54) is 0 Å². The standard InChI is InChI=1S/C16H19N3O2/c1-12-6-7-14(21-12)11-19-15(8-9-17-19)18-16(20)10-13-4-2-3-5-13/h2,4,6-9,13H,3,5,10-11H2,1H3,(H,18,20). The Morgan fingerprint density at radius 3 is 3.10 bits per heavy atom. The average Bonchev–Trinajstić information content (AvgIpc) is 3.15. The molecule has 1 amide bonds. The highest BCUT2D eigenvalue weighted by Gasteiger charge is 2.15. The van der Waals surface area contributed by atoms with Gasteiger partial charge in [0.25, 0.3) is 0 Å². The summed E-state index contributed by atoms with van der Waals surface area (Å²) in [4.78, 5) is 12.1. The molecule has 21 heavy (non-hydrogen) atoms. The maximum absolute atomic E-state index is 12.1. The molecule has 0 saturated carbocycles. The fourth-order valence-electron chi connectivity index (χ4n) is 2.58. The first-order valence-electron chi connectivity index (χ1n) is 7.24. The summed E-state index contributed by atoms with van der Waals surface area (Å²) < 4.78 is 7.28. The van der Waals surface area contributed by atoms with Crippen LogP contribution in [0.3, 0.4) is 0 Å². The normalized spacial score (nSPS) is 17.3. The highest BCUT2D eigenvalue weighted by Crippen LogP contribution is 2.21. The highest BCUT2D eigenvalue weighted by atomic mass is 16.3. The van der Waals surface area contributed by atoms with Crippen LogP contribution in [0.25, 0.3) is 0 Å². The smallest absolute Gasteiger partial charge is 0.226 e. The van der Waals surface area contributed by atoms with Gasteiger partial charge in [0.15, 0.2) is 0 Å². The van der Waals surface area contributed by atoms with E-state index in [-0.39, 0.29) is 5.91 Å². The second-order valence-electron chi connectivity index (χ2n) is 5.40. The van der Waals surface area contributed by atoms with Crippen molar-refractivity contribution in [2.75, 3.05) is 5.32 Å². The number of furan rings is 1. The van der Waals surface area contributed by atoms with Gasteiger partial charge in [-0.15, -0.1) is 0 Å². The SMILES string of the molecule is Cc1ccc(Cn2nccc2NC(=O)CC2C=CCC2)o1. The lowest BCUT2D eigenvalue weighted by atomic mass is 10.1. The van der Waals surface area contributed by atoms with Gasteiger partial charge in [0, 0.05) is 12.5 Å². The Hall–Kier alpha value is -2.30. The number of hydrogen-bond donors (Lipinski definition) is 1. The summed E-state index contributed by atoms with van der Waals surface area (Å²) in [5.41, 5.74) is 0. The zero-order valence-corrected chi connectivity index (χ0v) is 12.1. The number of allylic oxidation sites excluding steroid dienone is 2. The van der Waals surface area contributed by atoms with Crippen molar-refractivity contribution in [2.24, 2.45) is 5.92 Å².